The first-order chi connectivity index (χ1) is 11.5. The Bertz CT molecular complexity index is 903. The number of carbonyl (C=O) groups excluding carboxylic acids is 1. The minimum Gasteiger partial charge on any atom is -0.506 e. The number of benzene rings is 2. The van der Waals surface area contributed by atoms with Gasteiger partial charge >= 0.3 is 5.97 Å². The van der Waals surface area contributed by atoms with Crippen LogP contribution in [0.15, 0.2) is 48.5 Å². The molecular formula is C19H16ClNO3. The van der Waals surface area contributed by atoms with Crippen LogP contribution in [0.2, 0.25) is 5.15 Å². The summed E-state index contributed by atoms with van der Waals surface area (Å²) in [6, 6.07) is 14.1. The van der Waals surface area contributed by atoms with Crippen molar-refractivity contribution in [2.75, 3.05) is 0 Å². The maximum atomic E-state index is 12.4. The van der Waals surface area contributed by atoms with Gasteiger partial charge in [0, 0.05) is 11.1 Å². The molecular weight excluding hydrogens is 326 g/mol. The van der Waals surface area contributed by atoms with Crippen molar-refractivity contribution >= 4 is 28.3 Å². The fourth-order valence-electron chi connectivity index (χ4n) is 2.60. The third-order valence-corrected chi connectivity index (χ3v) is 4.01. The summed E-state index contributed by atoms with van der Waals surface area (Å²) in [5.74, 6) is -0.661. The molecule has 0 radical (unpaired) electrons. The summed E-state index contributed by atoms with van der Waals surface area (Å²) in [7, 11) is 0. The molecule has 24 heavy (non-hydrogen) atoms. The van der Waals surface area contributed by atoms with E-state index in [0.29, 0.717) is 10.5 Å². The second kappa shape index (κ2) is 6.49. The molecule has 1 N–H and O–H groups in total. The first-order valence-electron chi connectivity index (χ1n) is 7.51. The molecule has 0 bridgehead atoms. The van der Waals surface area contributed by atoms with E-state index in [1.165, 1.54) is 0 Å². The summed E-state index contributed by atoms with van der Waals surface area (Å²) in [5, 5.41) is 12.2. The van der Waals surface area contributed by atoms with Gasteiger partial charge in [-0.1, -0.05) is 41.9 Å². The molecule has 0 unspecified atom stereocenters. The lowest BCUT2D eigenvalue weighted by molar-refractivity contribution is 0.0334. The summed E-state index contributed by atoms with van der Waals surface area (Å²) in [4.78, 5) is 16.5. The van der Waals surface area contributed by atoms with Crippen molar-refractivity contribution in [2.45, 2.75) is 20.0 Å². The number of hydrogen-bond donors (Lipinski definition) is 1. The van der Waals surface area contributed by atoms with Crippen molar-refractivity contribution in [1.82, 2.24) is 4.98 Å². The zero-order chi connectivity index (χ0) is 17.3. The average molecular weight is 342 g/mol. The molecule has 0 spiro atoms. The van der Waals surface area contributed by atoms with E-state index in [0.717, 1.165) is 16.6 Å². The zero-order valence-corrected chi connectivity index (χ0v) is 14.0. The molecule has 0 saturated heterocycles. The van der Waals surface area contributed by atoms with Gasteiger partial charge in [-0.25, -0.2) is 9.78 Å². The van der Waals surface area contributed by atoms with Crippen LogP contribution in [0.5, 0.6) is 5.75 Å². The van der Waals surface area contributed by atoms with Crippen LogP contribution in [0.25, 0.3) is 10.8 Å². The normalized spacial score (nSPS) is 12.1. The number of nitrogens with zero attached hydrogens (tertiary/aromatic N) is 1. The Kier molecular flexibility index (Phi) is 4.40. The minimum absolute atomic E-state index is 0.0748. The highest BCUT2D eigenvalue weighted by molar-refractivity contribution is 6.29. The molecule has 0 amide bonds. The van der Waals surface area contributed by atoms with Crippen molar-refractivity contribution in [2.24, 2.45) is 0 Å². The molecule has 1 heterocycles. The number of phenols is 1. The lowest BCUT2D eigenvalue weighted by Crippen LogP contribution is -2.10. The van der Waals surface area contributed by atoms with Gasteiger partial charge in [-0.05, 0) is 43.0 Å². The van der Waals surface area contributed by atoms with E-state index in [-0.39, 0.29) is 11.3 Å². The molecule has 4 nitrogen and oxygen atoms in total. The number of fused-ring (bicyclic) bond motifs is 1. The van der Waals surface area contributed by atoms with Gasteiger partial charge < -0.3 is 9.84 Å². The van der Waals surface area contributed by atoms with Crippen LogP contribution in [-0.2, 0) is 4.74 Å². The molecule has 0 aliphatic rings. The lowest BCUT2D eigenvalue weighted by atomic mass is 10.1. The van der Waals surface area contributed by atoms with Crippen LogP contribution in [0.4, 0.5) is 0 Å². The molecule has 0 aliphatic carbocycles. The summed E-state index contributed by atoms with van der Waals surface area (Å²) < 4.78 is 5.48. The Balaban J connectivity index is 1.88. The maximum Gasteiger partial charge on any atom is 0.342 e. The van der Waals surface area contributed by atoms with Crippen LogP contribution >= 0.6 is 11.6 Å². The fourth-order valence-corrected chi connectivity index (χ4v) is 2.86. The van der Waals surface area contributed by atoms with E-state index in [2.05, 4.69) is 4.98 Å². The van der Waals surface area contributed by atoms with Gasteiger partial charge in [-0.2, -0.15) is 0 Å². The summed E-state index contributed by atoms with van der Waals surface area (Å²) in [6.07, 6.45) is -0.512. The van der Waals surface area contributed by atoms with Gasteiger partial charge in [0.2, 0.25) is 0 Å². The molecule has 0 saturated carbocycles. The van der Waals surface area contributed by atoms with Crippen molar-refractivity contribution < 1.29 is 14.6 Å². The van der Waals surface area contributed by atoms with Gasteiger partial charge in [0.15, 0.2) is 0 Å². The Hall–Kier alpha value is -2.59. The van der Waals surface area contributed by atoms with Gasteiger partial charge in [0.05, 0.1) is 0 Å². The predicted molar refractivity (Wildman–Crippen MR) is 93.4 cm³/mol. The quantitative estimate of drug-likeness (QED) is 0.548. The first-order valence-corrected chi connectivity index (χ1v) is 7.89. The Morgan fingerprint density at radius 2 is 1.96 bits per heavy atom. The summed E-state index contributed by atoms with van der Waals surface area (Å²) in [5.41, 5.74) is 1.63. The third-order valence-electron chi connectivity index (χ3n) is 3.82. The summed E-state index contributed by atoms with van der Waals surface area (Å²) >= 11 is 5.95. The molecule has 122 valence electrons. The van der Waals surface area contributed by atoms with Gasteiger partial charge in [0.1, 0.15) is 22.6 Å². The average Bonchev–Trinajstić information content (AvgIpc) is 2.54. The standard InChI is InChI=1S/C19H16ClNO3/c1-11-9-14(10-17(20)21-11)12(2)24-19(23)16-8-7-13-5-3-4-6-15(13)18(16)22/h3-10,12,22H,1-2H3/t12-/m1/s1. The van der Waals surface area contributed by atoms with Crippen LogP contribution in [-0.4, -0.2) is 16.1 Å². The third kappa shape index (κ3) is 3.19. The predicted octanol–water partition coefficient (Wildman–Crippen LogP) is 4.82. The first kappa shape index (κ1) is 16.3. The Morgan fingerprint density at radius 3 is 2.71 bits per heavy atom. The van der Waals surface area contributed by atoms with E-state index >= 15 is 0 Å². The van der Waals surface area contributed by atoms with Crippen molar-refractivity contribution in [1.29, 1.82) is 0 Å². The fraction of sp³-hybridized carbons (Fsp3) is 0.158. The molecule has 5 heteroatoms. The number of pyridine rings is 1. The maximum absolute atomic E-state index is 12.4. The number of phenolic OH excluding ortho intramolecular Hbond substituents is 1. The number of esters is 1. The number of aromatic hydroxyl groups is 1. The van der Waals surface area contributed by atoms with Crippen molar-refractivity contribution in [3.63, 3.8) is 0 Å². The molecule has 2 aromatic carbocycles. The second-order valence-corrected chi connectivity index (χ2v) is 5.98. The SMILES string of the molecule is Cc1cc([C@@H](C)OC(=O)c2ccc3ccccc3c2O)cc(Cl)n1. The molecule has 0 aliphatic heterocycles. The van der Waals surface area contributed by atoms with Gasteiger partial charge in [-0.15, -0.1) is 0 Å². The number of aromatic nitrogens is 1. The van der Waals surface area contributed by atoms with E-state index in [1.54, 1.807) is 31.2 Å². The molecule has 3 rings (SSSR count). The monoisotopic (exact) mass is 341 g/mol. The van der Waals surface area contributed by atoms with Gasteiger partial charge in [-0.3, -0.25) is 0 Å². The minimum atomic E-state index is -0.587. The number of rotatable bonds is 3. The Labute approximate surface area is 144 Å². The van der Waals surface area contributed by atoms with Crippen LogP contribution < -0.4 is 0 Å². The second-order valence-electron chi connectivity index (χ2n) is 5.59. The largest absolute Gasteiger partial charge is 0.506 e. The number of carbonyl (C=O) groups is 1. The van der Waals surface area contributed by atoms with E-state index < -0.39 is 12.1 Å². The van der Waals surface area contributed by atoms with E-state index in [9.17, 15) is 9.90 Å². The number of ether oxygens (including phenoxy) is 1. The number of aryl methyl sites for hydroxylation is 1. The molecule has 1 atom stereocenters. The number of hydrogen-bond acceptors (Lipinski definition) is 4. The highest BCUT2D eigenvalue weighted by atomic mass is 35.5. The molecule has 3 aromatic rings. The highest BCUT2D eigenvalue weighted by Gasteiger charge is 2.19. The number of halogens is 1. The zero-order valence-electron chi connectivity index (χ0n) is 13.3. The van der Waals surface area contributed by atoms with E-state index in [1.807, 2.05) is 31.2 Å². The molecule has 1 aromatic heterocycles. The highest BCUT2D eigenvalue weighted by Crippen LogP contribution is 2.30. The van der Waals surface area contributed by atoms with Crippen LogP contribution in [0, 0.1) is 6.92 Å². The van der Waals surface area contributed by atoms with Crippen molar-refractivity contribution in [3.8, 4) is 5.75 Å². The summed E-state index contributed by atoms with van der Waals surface area (Å²) in [6.45, 7) is 3.57. The lowest BCUT2D eigenvalue weighted by Gasteiger charge is -2.15. The smallest absolute Gasteiger partial charge is 0.342 e. The molecule has 0 fully saturated rings. The topological polar surface area (TPSA) is 59.4 Å². The van der Waals surface area contributed by atoms with Crippen LogP contribution in [0.1, 0.15) is 34.6 Å². The van der Waals surface area contributed by atoms with Crippen LogP contribution in [0.3, 0.4) is 0 Å². The van der Waals surface area contributed by atoms with Gasteiger partial charge in [0.25, 0.3) is 0 Å². The Morgan fingerprint density at radius 1 is 1.21 bits per heavy atom. The van der Waals surface area contributed by atoms with Crippen molar-refractivity contribution in [3.05, 3.63) is 70.5 Å². The van der Waals surface area contributed by atoms with E-state index in [4.69, 9.17) is 16.3 Å².